The third-order valence-electron chi connectivity index (χ3n) is 4.79. The number of hydrogen-bond donors (Lipinski definition) is 1. The largest absolute Gasteiger partial charge is 0.338 e. The highest BCUT2D eigenvalue weighted by Crippen LogP contribution is 2.37. The molecule has 1 aromatic rings. The van der Waals surface area contributed by atoms with E-state index in [1.165, 1.54) is 11.1 Å². The quantitative estimate of drug-likeness (QED) is 0.897. The van der Waals surface area contributed by atoms with Crippen LogP contribution in [0, 0.1) is 12.3 Å². The number of carbonyl (C=O) groups excluding carboxylic acids is 1. The number of hydrogen-bond acceptors (Lipinski definition) is 2. The van der Waals surface area contributed by atoms with Crippen molar-refractivity contribution in [1.82, 2.24) is 10.2 Å². The second kappa shape index (κ2) is 5.57. The highest BCUT2D eigenvalue weighted by Gasteiger charge is 2.44. The molecule has 108 valence electrons. The SMILES string of the molecule is Cc1ccc(CN2CCCC3(CCCNC3)C2=O)cc1. The average molecular weight is 272 g/mol. The van der Waals surface area contributed by atoms with E-state index in [1.54, 1.807) is 0 Å². The molecule has 1 unspecified atom stereocenters. The summed E-state index contributed by atoms with van der Waals surface area (Å²) in [5.74, 6) is 0.372. The lowest BCUT2D eigenvalue weighted by Gasteiger charge is -2.44. The number of aryl methyl sites for hydroxylation is 1. The Hall–Kier alpha value is -1.35. The summed E-state index contributed by atoms with van der Waals surface area (Å²) in [6.07, 6.45) is 4.38. The Morgan fingerprint density at radius 1 is 1.20 bits per heavy atom. The predicted molar refractivity (Wildman–Crippen MR) is 80.4 cm³/mol. The lowest BCUT2D eigenvalue weighted by molar-refractivity contribution is -0.148. The van der Waals surface area contributed by atoms with E-state index in [2.05, 4.69) is 41.4 Å². The molecule has 2 saturated heterocycles. The Balaban J connectivity index is 1.73. The van der Waals surface area contributed by atoms with Crippen LogP contribution in [0.1, 0.15) is 36.8 Å². The minimum Gasteiger partial charge on any atom is -0.338 e. The second-order valence-corrected chi connectivity index (χ2v) is 6.38. The summed E-state index contributed by atoms with van der Waals surface area (Å²) in [5, 5.41) is 3.42. The van der Waals surface area contributed by atoms with Gasteiger partial charge in [-0.15, -0.1) is 0 Å². The Morgan fingerprint density at radius 2 is 1.95 bits per heavy atom. The molecule has 3 rings (SSSR count). The average Bonchev–Trinajstić information content (AvgIpc) is 2.47. The van der Waals surface area contributed by atoms with Crippen molar-refractivity contribution < 1.29 is 4.79 Å². The number of rotatable bonds is 2. The number of piperidine rings is 2. The van der Waals surface area contributed by atoms with Crippen LogP contribution in [0.15, 0.2) is 24.3 Å². The molecular formula is C17H24N2O. The van der Waals surface area contributed by atoms with Gasteiger partial charge in [0.15, 0.2) is 0 Å². The molecule has 0 saturated carbocycles. The van der Waals surface area contributed by atoms with Gasteiger partial charge in [0.1, 0.15) is 0 Å². The van der Waals surface area contributed by atoms with Crippen molar-refractivity contribution in [1.29, 1.82) is 0 Å². The van der Waals surface area contributed by atoms with Crippen molar-refractivity contribution in [2.75, 3.05) is 19.6 Å². The summed E-state index contributed by atoms with van der Waals surface area (Å²) in [5.41, 5.74) is 2.40. The zero-order valence-corrected chi connectivity index (χ0v) is 12.3. The van der Waals surface area contributed by atoms with E-state index in [9.17, 15) is 4.79 Å². The van der Waals surface area contributed by atoms with Gasteiger partial charge < -0.3 is 10.2 Å². The van der Waals surface area contributed by atoms with Crippen LogP contribution in [0.2, 0.25) is 0 Å². The van der Waals surface area contributed by atoms with Gasteiger partial charge in [0.2, 0.25) is 5.91 Å². The van der Waals surface area contributed by atoms with Gasteiger partial charge in [-0.05, 0) is 44.7 Å². The topological polar surface area (TPSA) is 32.3 Å². The van der Waals surface area contributed by atoms with Crippen molar-refractivity contribution >= 4 is 5.91 Å². The van der Waals surface area contributed by atoms with Crippen molar-refractivity contribution in [2.24, 2.45) is 5.41 Å². The number of amides is 1. The molecule has 0 bridgehead atoms. The minimum absolute atomic E-state index is 0.110. The fraction of sp³-hybridized carbons (Fsp3) is 0.588. The number of nitrogens with one attached hydrogen (secondary N) is 1. The van der Waals surface area contributed by atoms with Gasteiger partial charge in [0.05, 0.1) is 5.41 Å². The van der Waals surface area contributed by atoms with Crippen LogP contribution in [0.5, 0.6) is 0 Å². The van der Waals surface area contributed by atoms with E-state index in [4.69, 9.17) is 0 Å². The maximum atomic E-state index is 12.9. The Morgan fingerprint density at radius 3 is 2.65 bits per heavy atom. The standard InChI is InChI=1S/C17H24N2O/c1-14-4-6-15(7-5-14)12-19-11-3-9-17(16(19)20)8-2-10-18-13-17/h4-7,18H,2-3,8-13H2,1H3. The van der Waals surface area contributed by atoms with Crippen molar-refractivity contribution in [3.05, 3.63) is 35.4 Å². The molecule has 1 aromatic carbocycles. The first kappa shape index (κ1) is 13.6. The van der Waals surface area contributed by atoms with Crippen molar-refractivity contribution in [3.8, 4) is 0 Å². The van der Waals surface area contributed by atoms with E-state index >= 15 is 0 Å². The third-order valence-corrected chi connectivity index (χ3v) is 4.79. The number of benzene rings is 1. The van der Waals surface area contributed by atoms with Gasteiger partial charge in [-0.25, -0.2) is 0 Å². The van der Waals surface area contributed by atoms with Crippen molar-refractivity contribution in [3.63, 3.8) is 0 Å². The summed E-state index contributed by atoms with van der Waals surface area (Å²) >= 11 is 0. The molecule has 1 amide bonds. The maximum absolute atomic E-state index is 12.9. The lowest BCUT2D eigenvalue weighted by Crippen LogP contribution is -2.54. The molecule has 1 N–H and O–H groups in total. The number of likely N-dealkylation sites (tertiary alicyclic amines) is 1. The molecule has 3 nitrogen and oxygen atoms in total. The Kier molecular flexibility index (Phi) is 3.79. The maximum Gasteiger partial charge on any atom is 0.230 e. The minimum atomic E-state index is -0.110. The molecule has 0 aliphatic carbocycles. The van der Waals surface area contributed by atoms with Gasteiger partial charge in [-0.2, -0.15) is 0 Å². The molecule has 3 heteroatoms. The second-order valence-electron chi connectivity index (χ2n) is 6.38. The van der Waals surface area contributed by atoms with E-state index in [0.29, 0.717) is 5.91 Å². The molecule has 0 aromatic heterocycles. The van der Waals surface area contributed by atoms with Crippen LogP contribution in [0.25, 0.3) is 0 Å². The van der Waals surface area contributed by atoms with Gasteiger partial charge in [0, 0.05) is 19.6 Å². The molecular weight excluding hydrogens is 248 g/mol. The summed E-state index contributed by atoms with van der Waals surface area (Å²) in [7, 11) is 0. The molecule has 0 radical (unpaired) electrons. The smallest absolute Gasteiger partial charge is 0.230 e. The molecule has 2 aliphatic rings. The highest BCUT2D eigenvalue weighted by molar-refractivity contribution is 5.84. The lowest BCUT2D eigenvalue weighted by atomic mass is 9.73. The van der Waals surface area contributed by atoms with Crippen LogP contribution in [-0.4, -0.2) is 30.4 Å². The van der Waals surface area contributed by atoms with Crippen LogP contribution in [0.4, 0.5) is 0 Å². The fourth-order valence-corrected chi connectivity index (χ4v) is 3.58. The summed E-state index contributed by atoms with van der Waals surface area (Å²) in [4.78, 5) is 14.9. The van der Waals surface area contributed by atoms with Crippen LogP contribution >= 0.6 is 0 Å². The van der Waals surface area contributed by atoms with E-state index in [-0.39, 0.29) is 5.41 Å². The molecule has 2 heterocycles. The number of nitrogens with zero attached hydrogens (tertiary/aromatic N) is 1. The first-order valence-corrected chi connectivity index (χ1v) is 7.75. The highest BCUT2D eigenvalue weighted by atomic mass is 16.2. The van der Waals surface area contributed by atoms with Crippen LogP contribution in [-0.2, 0) is 11.3 Å². The van der Waals surface area contributed by atoms with E-state index in [1.807, 2.05) is 0 Å². The molecule has 1 spiro atoms. The fourth-order valence-electron chi connectivity index (χ4n) is 3.58. The van der Waals surface area contributed by atoms with Crippen LogP contribution in [0.3, 0.4) is 0 Å². The summed E-state index contributed by atoms with van der Waals surface area (Å²) in [6.45, 7) is 5.71. The van der Waals surface area contributed by atoms with E-state index in [0.717, 1.165) is 51.9 Å². The summed E-state index contributed by atoms with van der Waals surface area (Å²) in [6, 6.07) is 8.54. The molecule has 2 fully saturated rings. The normalized spacial score (nSPS) is 27.1. The van der Waals surface area contributed by atoms with Gasteiger partial charge in [-0.3, -0.25) is 4.79 Å². The Labute approximate surface area is 121 Å². The zero-order valence-electron chi connectivity index (χ0n) is 12.3. The first-order valence-electron chi connectivity index (χ1n) is 7.75. The monoisotopic (exact) mass is 272 g/mol. The molecule has 20 heavy (non-hydrogen) atoms. The summed E-state index contributed by atoms with van der Waals surface area (Å²) < 4.78 is 0. The predicted octanol–water partition coefficient (Wildman–Crippen LogP) is 2.49. The van der Waals surface area contributed by atoms with Crippen LogP contribution < -0.4 is 5.32 Å². The van der Waals surface area contributed by atoms with E-state index < -0.39 is 0 Å². The van der Waals surface area contributed by atoms with Gasteiger partial charge in [-0.1, -0.05) is 29.8 Å². The third kappa shape index (κ3) is 2.59. The Bertz CT molecular complexity index is 469. The zero-order chi connectivity index (χ0) is 14.0. The van der Waals surface area contributed by atoms with Gasteiger partial charge in [0.25, 0.3) is 0 Å². The molecule has 2 aliphatic heterocycles. The van der Waals surface area contributed by atoms with Gasteiger partial charge >= 0.3 is 0 Å². The first-order chi connectivity index (χ1) is 9.70. The molecule has 1 atom stereocenters. The van der Waals surface area contributed by atoms with Crippen molar-refractivity contribution in [2.45, 2.75) is 39.2 Å². The number of carbonyl (C=O) groups is 1.